The SMILES string of the molecule is O.O.O.O.O.O.O.O.O.O.O.O.O=S(=O)([O-])[O-].[Fe+].[NH4+]. The Labute approximate surface area is 118 Å². The van der Waals surface area contributed by atoms with E-state index in [1.807, 2.05) is 0 Å². The van der Waals surface area contributed by atoms with Crippen molar-refractivity contribution in [1.29, 1.82) is 0 Å². The molecular weight excluding hydrogens is 358 g/mol. The molecule has 19 heteroatoms. The molecule has 0 spiro atoms. The standard InChI is InChI=1S/Fe.H3N.H2O4S.12H2O/c;;1-5(2,3)4;;;;;;;;;;;;/h;1H3;(H2,1,2,3,4);12*1H2/q+1;;;;;;;;;;;;;;/p-1. The summed E-state index contributed by atoms with van der Waals surface area (Å²) in [5, 5.41) is 0. The molecule has 0 rings (SSSR count). The second-order valence-corrected chi connectivity index (χ2v) is 1.22. The number of hydrogen-bond donors (Lipinski definition) is 1. The molecule has 0 aliphatic heterocycles. The Bertz CT molecular complexity index is 99.9. The van der Waals surface area contributed by atoms with E-state index in [0.717, 1.165) is 0 Å². The minimum atomic E-state index is -5.17. The average molecular weight is 386 g/mol. The van der Waals surface area contributed by atoms with Gasteiger partial charge in [-0.1, -0.05) is 0 Å². The van der Waals surface area contributed by atoms with Crippen LogP contribution in [0.1, 0.15) is 0 Å². The van der Waals surface area contributed by atoms with E-state index >= 15 is 0 Å². The van der Waals surface area contributed by atoms with Crippen molar-refractivity contribution in [3.8, 4) is 0 Å². The van der Waals surface area contributed by atoms with Crippen molar-refractivity contribution in [1.82, 2.24) is 6.15 Å². The molecule has 0 saturated carbocycles. The van der Waals surface area contributed by atoms with Gasteiger partial charge in [0.25, 0.3) is 0 Å². The van der Waals surface area contributed by atoms with Gasteiger partial charge in [-0.05, 0) is 0 Å². The minimum absolute atomic E-state index is 0. The molecule has 0 fully saturated rings. The van der Waals surface area contributed by atoms with E-state index in [4.69, 9.17) is 17.5 Å². The summed E-state index contributed by atoms with van der Waals surface area (Å²) in [5.74, 6) is 0. The Morgan fingerprint density at radius 1 is 0.474 bits per heavy atom. The number of rotatable bonds is 0. The van der Waals surface area contributed by atoms with Crippen LogP contribution in [0, 0.1) is 0 Å². The fourth-order valence-corrected chi connectivity index (χ4v) is 0. The van der Waals surface area contributed by atoms with Crippen LogP contribution in [0.25, 0.3) is 0 Å². The third-order valence-corrected chi connectivity index (χ3v) is 0. The van der Waals surface area contributed by atoms with Crippen molar-refractivity contribution in [2.75, 3.05) is 0 Å². The van der Waals surface area contributed by atoms with E-state index in [0.29, 0.717) is 0 Å². The first-order valence-electron chi connectivity index (χ1n) is 0.667. The van der Waals surface area contributed by atoms with Gasteiger partial charge < -0.3 is 81.0 Å². The fraction of sp³-hybridized carbons (Fsp3) is 0. The van der Waals surface area contributed by atoms with Crippen molar-refractivity contribution >= 4 is 10.4 Å². The van der Waals surface area contributed by atoms with Gasteiger partial charge in [-0.2, -0.15) is 0 Å². The van der Waals surface area contributed by atoms with Gasteiger partial charge in [-0.25, -0.2) is 0 Å². The Morgan fingerprint density at radius 3 is 0.474 bits per heavy atom. The normalized spacial score (nSPS) is 3.05. The zero-order valence-corrected chi connectivity index (χ0v) is 11.3. The molecule has 0 aromatic rings. The van der Waals surface area contributed by atoms with Gasteiger partial charge in [0, 0.05) is 10.4 Å². The quantitative estimate of drug-likeness (QED) is 0.240. The molecule has 0 saturated heterocycles. The molecule has 28 N–H and O–H groups in total. The smallest absolute Gasteiger partial charge is 0.759 e. The summed E-state index contributed by atoms with van der Waals surface area (Å²) in [6.07, 6.45) is 0. The van der Waals surface area contributed by atoms with Crippen LogP contribution in [-0.2, 0) is 27.5 Å². The Morgan fingerprint density at radius 2 is 0.474 bits per heavy atom. The zero-order chi connectivity index (χ0) is 4.50. The molecule has 0 aromatic heterocycles. The second kappa shape index (κ2) is 148. The van der Waals surface area contributed by atoms with E-state index in [-0.39, 0.29) is 88.9 Å². The molecule has 0 atom stereocenters. The largest absolute Gasteiger partial charge is 1.00 e. The van der Waals surface area contributed by atoms with Crippen LogP contribution < -0.4 is 6.15 Å². The summed E-state index contributed by atoms with van der Waals surface area (Å²) in [6, 6.07) is 0. The average Bonchev–Trinajstić information content (AvgIpc) is 0.722. The number of hydrogen-bond acceptors (Lipinski definition) is 4. The third-order valence-electron chi connectivity index (χ3n) is 0. The molecule has 17 nitrogen and oxygen atoms in total. The van der Waals surface area contributed by atoms with Crippen LogP contribution in [0.3, 0.4) is 0 Å². The zero-order valence-electron chi connectivity index (χ0n) is 9.39. The molecule has 0 amide bonds. The van der Waals surface area contributed by atoms with Gasteiger partial charge in [0.2, 0.25) is 0 Å². The molecule has 143 valence electrons. The molecule has 0 aliphatic carbocycles. The van der Waals surface area contributed by atoms with Crippen LogP contribution in [-0.4, -0.2) is 83.2 Å². The van der Waals surface area contributed by atoms with Crippen LogP contribution >= 0.6 is 0 Å². The predicted molar refractivity (Wildman–Crippen MR) is 59.8 cm³/mol. The summed E-state index contributed by atoms with van der Waals surface area (Å²) < 4.78 is 34.1. The van der Waals surface area contributed by atoms with Gasteiger partial charge in [-0.3, -0.25) is 8.42 Å². The van der Waals surface area contributed by atoms with E-state index < -0.39 is 10.4 Å². The van der Waals surface area contributed by atoms with E-state index in [2.05, 4.69) is 0 Å². The van der Waals surface area contributed by atoms with E-state index in [1.54, 1.807) is 0 Å². The maximum Gasteiger partial charge on any atom is 1.00 e. The van der Waals surface area contributed by atoms with Crippen molar-refractivity contribution in [2.45, 2.75) is 0 Å². The van der Waals surface area contributed by atoms with E-state index in [9.17, 15) is 0 Å². The molecule has 0 aliphatic rings. The van der Waals surface area contributed by atoms with Crippen LogP contribution in [0.15, 0.2) is 0 Å². The maximum atomic E-state index is 8.52. The summed E-state index contributed by atoms with van der Waals surface area (Å²) in [7, 11) is -5.17. The summed E-state index contributed by atoms with van der Waals surface area (Å²) in [4.78, 5) is 0. The van der Waals surface area contributed by atoms with Gasteiger partial charge >= 0.3 is 17.1 Å². The first kappa shape index (κ1) is 402. The van der Waals surface area contributed by atoms with E-state index in [1.165, 1.54) is 0 Å². The van der Waals surface area contributed by atoms with Crippen molar-refractivity contribution in [2.24, 2.45) is 0 Å². The van der Waals surface area contributed by atoms with Gasteiger partial charge in [0.1, 0.15) is 0 Å². The third kappa shape index (κ3) is 264000. The Balaban J connectivity index is -0.000000000879. The fourth-order valence-electron chi connectivity index (χ4n) is 0. The van der Waals surface area contributed by atoms with Gasteiger partial charge in [0.05, 0.1) is 0 Å². The number of quaternary nitrogens is 1. The maximum absolute atomic E-state index is 8.52. The molecule has 0 aromatic carbocycles. The summed E-state index contributed by atoms with van der Waals surface area (Å²) >= 11 is 0. The van der Waals surface area contributed by atoms with Crippen molar-refractivity contribution in [3.63, 3.8) is 0 Å². The van der Waals surface area contributed by atoms with Crippen molar-refractivity contribution in [3.05, 3.63) is 0 Å². The summed E-state index contributed by atoms with van der Waals surface area (Å²) in [5.41, 5.74) is 0. The molecule has 19 heavy (non-hydrogen) atoms. The molecule has 0 unspecified atom stereocenters. The van der Waals surface area contributed by atoms with Gasteiger partial charge in [0.15, 0.2) is 0 Å². The topological polar surface area (TPSA) is 495 Å². The Kier molecular flexibility index (Phi) is 3130. The second-order valence-electron chi connectivity index (χ2n) is 0.408. The van der Waals surface area contributed by atoms with Crippen LogP contribution in [0.5, 0.6) is 0 Å². The van der Waals surface area contributed by atoms with Crippen molar-refractivity contribution < 1.29 is 100 Å². The molecule has 0 heterocycles. The van der Waals surface area contributed by atoms with Crippen LogP contribution in [0.2, 0.25) is 0 Å². The first-order valence-corrected chi connectivity index (χ1v) is 2.00. The molecular formula is H28FeNO16S. The molecule has 1 radical (unpaired) electrons. The van der Waals surface area contributed by atoms with Gasteiger partial charge in [-0.15, -0.1) is 0 Å². The predicted octanol–water partition coefficient (Wildman–Crippen LogP) is -10.9. The minimum Gasteiger partial charge on any atom is -0.759 e. The first-order chi connectivity index (χ1) is 2.00. The molecule has 0 bridgehead atoms. The Hall–Kier alpha value is -0.131. The van der Waals surface area contributed by atoms with Crippen LogP contribution in [0.4, 0.5) is 0 Å². The summed E-state index contributed by atoms with van der Waals surface area (Å²) in [6.45, 7) is 0. The monoisotopic (exact) mass is 386 g/mol.